The molecule has 0 fully saturated rings. The molecule has 3 aromatic rings. The Balaban J connectivity index is 1.66. The van der Waals surface area contributed by atoms with E-state index in [0.717, 1.165) is 16.0 Å². The van der Waals surface area contributed by atoms with Gasteiger partial charge in [-0.3, -0.25) is 14.5 Å². The van der Waals surface area contributed by atoms with Crippen molar-refractivity contribution in [2.45, 2.75) is 33.9 Å². The van der Waals surface area contributed by atoms with Crippen LogP contribution >= 0.6 is 0 Å². The molecule has 0 atom stereocenters. The summed E-state index contributed by atoms with van der Waals surface area (Å²) in [4.78, 5) is 27.5. The summed E-state index contributed by atoms with van der Waals surface area (Å²) in [5.41, 5.74) is 3.37. The van der Waals surface area contributed by atoms with E-state index < -0.39 is 11.8 Å². The molecule has 1 aliphatic rings. The van der Waals surface area contributed by atoms with Crippen molar-refractivity contribution < 1.29 is 23.5 Å². The number of nitriles is 1. The Hall–Kier alpha value is -4.70. The van der Waals surface area contributed by atoms with Gasteiger partial charge < -0.3 is 9.47 Å². The number of halogens is 1. The topological polar surface area (TPSA) is 79.6 Å². The molecular weight excluding hydrogens is 483 g/mol. The van der Waals surface area contributed by atoms with Gasteiger partial charge in [-0.05, 0) is 61.7 Å². The van der Waals surface area contributed by atoms with Crippen LogP contribution in [0.5, 0.6) is 11.5 Å². The second kappa shape index (κ2) is 11.6. The second-order valence-electron chi connectivity index (χ2n) is 8.87. The molecule has 192 valence electrons. The number of carbonyl (C=O) groups excluding carboxylic acids is 2. The molecule has 0 unspecified atom stereocenters. The van der Waals surface area contributed by atoms with Crippen molar-refractivity contribution in [3.63, 3.8) is 0 Å². The molecule has 0 aromatic heterocycles. The first-order chi connectivity index (χ1) is 18.3. The lowest BCUT2D eigenvalue weighted by Gasteiger charge is -2.27. The van der Waals surface area contributed by atoms with Crippen LogP contribution in [-0.4, -0.2) is 23.3 Å². The molecule has 1 heterocycles. The first-order valence-electron chi connectivity index (χ1n) is 12.2. The van der Waals surface area contributed by atoms with E-state index in [-0.39, 0.29) is 30.1 Å². The Bertz CT molecular complexity index is 1480. The van der Waals surface area contributed by atoms with Gasteiger partial charge in [-0.25, -0.2) is 4.39 Å². The highest BCUT2D eigenvalue weighted by atomic mass is 19.1. The minimum atomic E-state index is -0.611. The summed E-state index contributed by atoms with van der Waals surface area (Å²) in [6.07, 6.45) is 1.63. The van der Waals surface area contributed by atoms with Crippen molar-refractivity contribution in [1.82, 2.24) is 4.90 Å². The largest absolute Gasteiger partial charge is 0.490 e. The summed E-state index contributed by atoms with van der Waals surface area (Å²) < 4.78 is 25.6. The Morgan fingerprint density at radius 3 is 2.37 bits per heavy atom. The molecule has 0 N–H and O–H groups in total. The van der Waals surface area contributed by atoms with Gasteiger partial charge in [0.15, 0.2) is 11.5 Å². The van der Waals surface area contributed by atoms with Crippen molar-refractivity contribution in [3.05, 3.63) is 112 Å². The zero-order chi connectivity index (χ0) is 27.2. The SMILES string of the molecule is CCOc1cc(/C=C2/C(=O)N(Cc3ccc(C)cc3)C(=O)C(C#N)=C2C)ccc1OCc1ccccc1F. The van der Waals surface area contributed by atoms with Crippen LogP contribution in [-0.2, 0) is 22.7 Å². The first-order valence-corrected chi connectivity index (χ1v) is 12.2. The zero-order valence-corrected chi connectivity index (χ0v) is 21.5. The summed E-state index contributed by atoms with van der Waals surface area (Å²) in [6.45, 7) is 5.82. The minimum absolute atomic E-state index is 0.0229. The zero-order valence-electron chi connectivity index (χ0n) is 21.5. The fraction of sp³-hybridized carbons (Fsp3) is 0.194. The van der Waals surface area contributed by atoms with Crippen LogP contribution in [0.15, 0.2) is 83.4 Å². The molecule has 38 heavy (non-hydrogen) atoms. The van der Waals surface area contributed by atoms with Gasteiger partial charge in [0, 0.05) is 11.1 Å². The van der Waals surface area contributed by atoms with Gasteiger partial charge in [0.25, 0.3) is 11.8 Å². The maximum absolute atomic E-state index is 14.0. The fourth-order valence-corrected chi connectivity index (χ4v) is 4.09. The normalized spacial score (nSPS) is 14.6. The molecule has 6 nitrogen and oxygen atoms in total. The molecule has 0 spiro atoms. The summed E-state index contributed by atoms with van der Waals surface area (Å²) >= 11 is 0. The second-order valence-corrected chi connectivity index (χ2v) is 8.87. The van der Waals surface area contributed by atoms with Gasteiger partial charge in [-0.1, -0.05) is 54.1 Å². The Morgan fingerprint density at radius 1 is 0.947 bits per heavy atom. The van der Waals surface area contributed by atoms with Gasteiger partial charge in [0.05, 0.1) is 13.2 Å². The van der Waals surface area contributed by atoms with Crippen LogP contribution in [0.25, 0.3) is 6.08 Å². The summed E-state index contributed by atoms with van der Waals surface area (Å²) in [6, 6.07) is 21.0. The van der Waals surface area contributed by atoms with E-state index in [4.69, 9.17) is 9.47 Å². The Morgan fingerprint density at radius 2 is 1.68 bits per heavy atom. The Kier molecular flexibility index (Phi) is 8.03. The van der Waals surface area contributed by atoms with Crippen molar-refractivity contribution in [3.8, 4) is 17.6 Å². The monoisotopic (exact) mass is 510 g/mol. The van der Waals surface area contributed by atoms with E-state index in [1.165, 1.54) is 6.07 Å². The number of carbonyl (C=O) groups is 2. The lowest BCUT2D eigenvalue weighted by atomic mass is 9.93. The third-order valence-corrected chi connectivity index (χ3v) is 6.21. The van der Waals surface area contributed by atoms with Gasteiger partial charge in [-0.15, -0.1) is 0 Å². The average molecular weight is 511 g/mol. The van der Waals surface area contributed by atoms with Gasteiger partial charge in [0.1, 0.15) is 24.1 Å². The van der Waals surface area contributed by atoms with Gasteiger partial charge in [0.2, 0.25) is 0 Å². The Labute approximate surface area is 221 Å². The minimum Gasteiger partial charge on any atom is -0.490 e. The first kappa shape index (κ1) is 26.4. The highest BCUT2D eigenvalue weighted by Crippen LogP contribution is 2.33. The van der Waals surface area contributed by atoms with E-state index >= 15 is 0 Å². The van der Waals surface area contributed by atoms with Crippen LogP contribution in [0.1, 0.15) is 36.1 Å². The van der Waals surface area contributed by atoms with Crippen molar-refractivity contribution >= 4 is 17.9 Å². The molecular formula is C31H27FN2O4. The molecule has 7 heteroatoms. The van der Waals surface area contributed by atoms with Crippen molar-refractivity contribution in [2.75, 3.05) is 6.61 Å². The molecule has 0 saturated carbocycles. The molecule has 0 saturated heterocycles. The molecule has 0 radical (unpaired) electrons. The summed E-state index contributed by atoms with van der Waals surface area (Å²) in [5, 5.41) is 9.69. The number of amides is 2. The number of aryl methyl sites for hydroxylation is 1. The molecule has 1 aliphatic heterocycles. The fourth-order valence-electron chi connectivity index (χ4n) is 4.09. The smallest absolute Gasteiger partial charge is 0.271 e. The lowest BCUT2D eigenvalue weighted by Crippen LogP contribution is -2.42. The summed E-state index contributed by atoms with van der Waals surface area (Å²) in [7, 11) is 0. The van der Waals surface area contributed by atoms with Crippen LogP contribution in [0.2, 0.25) is 0 Å². The van der Waals surface area contributed by atoms with Crippen LogP contribution in [0.4, 0.5) is 4.39 Å². The number of nitrogens with zero attached hydrogens (tertiary/aromatic N) is 2. The number of rotatable bonds is 8. The number of hydrogen-bond donors (Lipinski definition) is 0. The van der Waals surface area contributed by atoms with Gasteiger partial charge in [-0.2, -0.15) is 5.26 Å². The van der Waals surface area contributed by atoms with E-state index in [9.17, 15) is 19.2 Å². The quantitative estimate of drug-likeness (QED) is 0.278. The van der Waals surface area contributed by atoms with E-state index in [1.54, 1.807) is 49.4 Å². The number of benzene rings is 3. The van der Waals surface area contributed by atoms with E-state index in [2.05, 4.69) is 0 Å². The summed E-state index contributed by atoms with van der Waals surface area (Å²) in [5.74, 6) is -0.600. The van der Waals surface area contributed by atoms with E-state index in [0.29, 0.717) is 34.8 Å². The molecule has 2 amide bonds. The maximum atomic E-state index is 14.0. The van der Waals surface area contributed by atoms with E-state index in [1.807, 2.05) is 44.2 Å². The standard InChI is InChI=1S/C31H27FN2O4/c1-4-37-29-16-23(13-14-28(29)38-19-24-7-5-6-8-27(24)32)15-25-21(3)26(17-33)31(36)34(30(25)35)18-22-11-9-20(2)10-12-22/h5-16H,4,18-19H2,1-3H3/b25-15+. The molecule has 0 bridgehead atoms. The lowest BCUT2D eigenvalue weighted by molar-refractivity contribution is -0.141. The number of ether oxygens (including phenoxy) is 2. The predicted octanol–water partition coefficient (Wildman–Crippen LogP) is 5.90. The predicted molar refractivity (Wildman–Crippen MR) is 141 cm³/mol. The van der Waals surface area contributed by atoms with Gasteiger partial charge >= 0.3 is 0 Å². The molecule has 4 rings (SSSR count). The van der Waals surface area contributed by atoms with Crippen LogP contribution in [0, 0.1) is 24.1 Å². The number of imide groups is 1. The van der Waals surface area contributed by atoms with Crippen molar-refractivity contribution in [1.29, 1.82) is 5.26 Å². The molecule has 3 aromatic carbocycles. The molecule has 0 aliphatic carbocycles. The van der Waals surface area contributed by atoms with Crippen LogP contribution in [0.3, 0.4) is 0 Å². The van der Waals surface area contributed by atoms with Crippen molar-refractivity contribution in [2.24, 2.45) is 0 Å². The third kappa shape index (κ3) is 5.65. The van der Waals surface area contributed by atoms with Crippen LogP contribution < -0.4 is 9.47 Å². The highest BCUT2D eigenvalue weighted by molar-refractivity contribution is 6.19. The third-order valence-electron chi connectivity index (χ3n) is 6.21. The number of hydrogen-bond acceptors (Lipinski definition) is 5. The maximum Gasteiger partial charge on any atom is 0.271 e. The average Bonchev–Trinajstić information content (AvgIpc) is 2.91. The highest BCUT2D eigenvalue weighted by Gasteiger charge is 2.35.